The van der Waals surface area contributed by atoms with E-state index in [2.05, 4.69) is 21.4 Å². The van der Waals surface area contributed by atoms with Gasteiger partial charge in [0.05, 0.1) is 12.2 Å². The SMILES string of the molecule is O=c1[nH]c(=O)n(C2CCCCCC2)c(O)c1[C@H]1[NH2+]CCc2c1[nH]c1ccccc21. The van der Waals surface area contributed by atoms with Crippen LogP contribution in [-0.2, 0) is 6.42 Å². The fourth-order valence-corrected chi connectivity index (χ4v) is 5.22. The van der Waals surface area contributed by atoms with E-state index in [4.69, 9.17) is 0 Å². The summed E-state index contributed by atoms with van der Waals surface area (Å²) in [5.41, 5.74) is 2.46. The highest BCUT2D eigenvalue weighted by Gasteiger charge is 2.35. The number of nitrogens with one attached hydrogen (secondary N) is 2. The highest BCUT2D eigenvalue weighted by Crippen LogP contribution is 2.34. The lowest BCUT2D eigenvalue weighted by Gasteiger charge is -2.24. The van der Waals surface area contributed by atoms with Crippen LogP contribution in [0.25, 0.3) is 10.9 Å². The highest BCUT2D eigenvalue weighted by atomic mass is 16.3. The maximum absolute atomic E-state index is 12.8. The largest absolute Gasteiger partial charge is 0.494 e. The Kier molecular flexibility index (Phi) is 4.54. The van der Waals surface area contributed by atoms with E-state index in [1.165, 1.54) is 10.1 Å². The fourth-order valence-electron chi connectivity index (χ4n) is 5.22. The molecule has 3 heterocycles. The van der Waals surface area contributed by atoms with Crippen molar-refractivity contribution >= 4 is 10.9 Å². The number of quaternary nitrogens is 1. The Labute approximate surface area is 167 Å². The van der Waals surface area contributed by atoms with Crippen LogP contribution in [0.3, 0.4) is 0 Å². The molecule has 3 aromatic rings. The third-order valence-electron chi connectivity index (χ3n) is 6.61. The standard InChI is InChI=1S/C22H26N4O3/c27-20-17(21(28)26(22(29)25-20)13-7-3-1-2-4-8-13)19-18-15(11-12-23-19)14-9-5-6-10-16(14)24-18/h5-6,9-10,13,19,23-24,28H,1-4,7-8,11-12H2,(H,25,27,29)/p+1/t19-/m1/s1. The van der Waals surface area contributed by atoms with E-state index in [1.54, 1.807) is 0 Å². The van der Waals surface area contributed by atoms with E-state index in [-0.39, 0.29) is 23.5 Å². The first-order valence-corrected chi connectivity index (χ1v) is 10.7. The molecule has 0 bridgehead atoms. The summed E-state index contributed by atoms with van der Waals surface area (Å²) in [7, 11) is 0. The Balaban J connectivity index is 1.67. The Morgan fingerprint density at radius 2 is 1.79 bits per heavy atom. The molecule has 7 nitrogen and oxygen atoms in total. The van der Waals surface area contributed by atoms with Crippen LogP contribution in [0, 0.1) is 0 Å². The van der Waals surface area contributed by atoms with E-state index in [1.807, 2.05) is 18.2 Å². The first-order valence-electron chi connectivity index (χ1n) is 10.7. The van der Waals surface area contributed by atoms with Crippen molar-refractivity contribution in [1.82, 2.24) is 14.5 Å². The minimum Gasteiger partial charge on any atom is -0.494 e. The molecule has 5 N–H and O–H groups in total. The van der Waals surface area contributed by atoms with Crippen LogP contribution < -0.4 is 16.6 Å². The molecule has 1 aromatic carbocycles. The van der Waals surface area contributed by atoms with Gasteiger partial charge in [0, 0.05) is 23.4 Å². The molecule has 0 spiro atoms. The summed E-state index contributed by atoms with van der Waals surface area (Å²) in [6, 6.07) is 7.70. The highest BCUT2D eigenvalue weighted by molar-refractivity contribution is 5.85. The zero-order chi connectivity index (χ0) is 20.0. The number of nitrogens with zero attached hydrogens (tertiary/aromatic N) is 1. The quantitative estimate of drug-likeness (QED) is 0.497. The number of fused-ring (bicyclic) bond motifs is 3. The summed E-state index contributed by atoms with van der Waals surface area (Å²) >= 11 is 0. The van der Waals surface area contributed by atoms with Gasteiger partial charge in [-0.3, -0.25) is 14.3 Å². The Hall–Kier alpha value is -2.80. The van der Waals surface area contributed by atoms with E-state index in [0.29, 0.717) is 0 Å². The molecular formula is C22H27N4O3+. The average Bonchev–Trinajstić information content (AvgIpc) is 2.88. The molecule has 0 unspecified atom stereocenters. The molecule has 1 fully saturated rings. The molecule has 0 amide bonds. The lowest BCUT2D eigenvalue weighted by atomic mass is 9.95. The molecule has 2 aromatic heterocycles. The zero-order valence-electron chi connectivity index (χ0n) is 16.4. The van der Waals surface area contributed by atoms with Gasteiger partial charge in [0.15, 0.2) is 6.04 Å². The Bertz CT molecular complexity index is 1160. The minimum absolute atomic E-state index is 0.0635. The number of aromatic nitrogens is 3. The molecule has 0 saturated heterocycles. The van der Waals surface area contributed by atoms with Crippen LogP contribution in [0.5, 0.6) is 5.88 Å². The molecule has 7 heteroatoms. The van der Waals surface area contributed by atoms with E-state index >= 15 is 0 Å². The Morgan fingerprint density at radius 1 is 1.03 bits per heavy atom. The average molecular weight is 395 g/mol. The summed E-state index contributed by atoms with van der Waals surface area (Å²) < 4.78 is 1.44. The second kappa shape index (κ2) is 7.22. The second-order valence-corrected chi connectivity index (χ2v) is 8.33. The number of benzene rings is 1. The molecule has 29 heavy (non-hydrogen) atoms. The lowest BCUT2D eigenvalue weighted by molar-refractivity contribution is -0.690. The van der Waals surface area contributed by atoms with Crippen molar-refractivity contribution in [3.05, 3.63) is 61.9 Å². The number of aromatic hydroxyl groups is 1. The summed E-state index contributed by atoms with van der Waals surface area (Å²) in [5, 5.41) is 14.4. The number of hydrogen-bond acceptors (Lipinski definition) is 3. The topological polar surface area (TPSA) is 107 Å². The molecule has 1 aliphatic carbocycles. The van der Waals surface area contributed by atoms with E-state index < -0.39 is 11.2 Å². The van der Waals surface area contributed by atoms with Crippen molar-refractivity contribution in [2.45, 2.75) is 57.0 Å². The third-order valence-corrected chi connectivity index (χ3v) is 6.61. The van der Waals surface area contributed by atoms with E-state index in [0.717, 1.165) is 68.1 Å². The zero-order valence-corrected chi connectivity index (χ0v) is 16.4. The van der Waals surface area contributed by atoms with Gasteiger partial charge >= 0.3 is 5.69 Å². The molecule has 5 rings (SSSR count). The molecule has 152 valence electrons. The molecule has 2 aliphatic rings. The maximum Gasteiger partial charge on any atom is 0.331 e. The summed E-state index contributed by atoms with van der Waals surface area (Å²) in [4.78, 5) is 31.4. The number of nitrogens with two attached hydrogens (primary N) is 1. The van der Waals surface area contributed by atoms with Gasteiger partial charge in [0.2, 0.25) is 5.88 Å². The summed E-state index contributed by atoms with van der Waals surface area (Å²) in [6.45, 7) is 0.820. The van der Waals surface area contributed by atoms with Crippen molar-refractivity contribution in [2.24, 2.45) is 0 Å². The van der Waals surface area contributed by atoms with Crippen molar-refractivity contribution in [2.75, 3.05) is 6.54 Å². The number of rotatable bonds is 2. The van der Waals surface area contributed by atoms with Gasteiger partial charge in [-0.15, -0.1) is 0 Å². The number of para-hydroxylation sites is 1. The van der Waals surface area contributed by atoms with Gasteiger partial charge in [0.25, 0.3) is 5.56 Å². The second-order valence-electron chi connectivity index (χ2n) is 8.33. The molecular weight excluding hydrogens is 368 g/mol. The number of aromatic amines is 2. The van der Waals surface area contributed by atoms with Crippen molar-refractivity contribution in [3.8, 4) is 5.88 Å². The van der Waals surface area contributed by atoms with Crippen molar-refractivity contribution in [1.29, 1.82) is 0 Å². The van der Waals surface area contributed by atoms with Crippen LogP contribution in [0.2, 0.25) is 0 Å². The predicted molar refractivity (Wildman–Crippen MR) is 110 cm³/mol. The lowest BCUT2D eigenvalue weighted by Crippen LogP contribution is -2.87. The van der Waals surface area contributed by atoms with Crippen LogP contribution in [0.4, 0.5) is 0 Å². The van der Waals surface area contributed by atoms with Gasteiger partial charge in [-0.2, -0.15) is 0 Å². The van der Waals surface area contributed by atoms with E-state index in [9.17, 15) is 14.7 Å². The maximum atomic E-state index is 12.8. The van der Waals surface area contributed by atoms with Gasteiger partial charge < -0.3 is 15.4 Å². The minimum atomic E-state index is -0.504. The molecule has 0 radical (unpaired) electrons. The van der Waals surface area contributed by atoms with Crippen LogP contribution in [-0.4, -0.2) is 26.2 Å². The molecule has 1 aliphatic heterocycles. The first-order chi connectivity index (χ1) is 14.1. The summed E-state index contributed by atoms with van der Waals surface area (Å²) in [5.74, 6) is -0.168. The fraction of sp³-hybridized carbons (Fsp3) is 0.455. The number of H-pyrrole nitrogens is 2. The predicted octanol–water partition coefficient (Wildman–Crippen LogP) is 1.83. The van der Waals surface area contributed by atoms with Crippen LogP contribution in [0.15, 0.2) is 33.9 Å². The van der Waals surface area contributed by atoms with Crippen molar-refractivity contribution in [3.63, 3.8) is 0 Å². The van der Waals surface area contributed by atoms with Gasteiger partial charge in [-0.05, 0) is 24.5 Å². The smallest absolute Gasteiger partial charge is 0.331 e. The molecule has 1 atom stereocenters. The molecule has 1 saturated carbocycles. The van der Waals surface area contributed by atoms with Crippen LogP contribution >= 0.6 is 0 Å². The monoisotopic (exact) mass is 395 g/mol. The van der Waals surface area contributed by atoms with Gasteiger partial charge in [-0.1, -0.05) is 43.9 Å². The van der Waals surface area contributed by atoms with Crippen LogP contribution in [0.1, 0.15) is 67.4 Å². The summed E-state index contributed by atoms with van der Waals surface area (Å²) in [6.07, 6.45) is 6.97. The number of hydrogen-bond donors (Lipinski definition) is 4. The third kappa shape index (κ3) is 3.00. The Morgan fingerprint density at radius 3 is 2.59 bits per heavy atom. The van der Waals surface area contributed by atoms with Crippen molar-refractivity contribution < 1.29 is 10.4 Å². The normalized spacial score (nSPS) is 20.5. The van der Waals surface area contributed by atoms with Gasteiger partial charge in [0.1, 0.15) is 5.56 Å². The first kappa shape index (κ1) is 18.2. The van der Waals surface area contributed by atoms with Gasteiger partial charge in [-0.25, -0.2) is 4.79 Å².